The van der Waals surface area contributed by atoms with Gasteiger partial charge in [0.2, 0.25) is 5.91 Å². The summed E-state index contributed by atoms with van der Waals surface area (Å²) in [6, 6.07) is 6.53. The van der Waals surface area contributed by atoms with Gasteiger partial charge in [0.25, 0.3) is 5.69 Å². The third kappa shape index (κ3) is 4.33. The summed E-state index contributed by atoms with van der Waals surface area (Å²) in [6.07, 6.45) is 2.01. The average Bonchev–Trinajstić information content (AvgIpc) is 3.22. The second-order valence-electron chi connectivity index (χ2n) is 4.67. The number of rotatable bonds is 7. The van der Waals surface area contributed by atoms with E-state index in [0.29, 0.717) is 19.6 Å². The molecule has 1 aliphatic carbocycles. The summed E-state index contributed by atoms with van der Waals surface area (Å²) in [5.74, 6) is 0.369. The number of hydrogen-bond donors (Lipinski definition) is 2. The van der Waals surface area contributed by atoms with Crippen molar-refractivity contribution >= 4 is 11.6 Å². The Bertz CT molecular complexity index is 472. The normalized spacial score (nSPS) is 14.1. The van der Waals surface area contributed by atoms with Gasteiger partial charge in [-0.15, -0.1) is 0 Å². The molecule has 0 spiro atoms. The largest absolute Gasteiger partial charge is 0.355 e. The van der Waals surface area contributed by atoms with E-state index in [1.54, 1.807) is 12.1 Å². The van der Waals surface area contributed by atoms with Gasteiger partial charge in [-0.3, -0.25) is 14.9 Å². The molecular formula is C13H17N3O3. The molecule has 2 N–H and O–H groups in total. The van der Waals surface area contributed by atoms with E-state index >= 15 is 0 Å². The van der Waals surface area contributed by atoms with Crippen LogP contribution in [0.5, 0.6) is 0 Å². The zero-order valence-electron chi connectivity index (χ0n) is 10.6. The van der Waals surface area contributed by atoms with Gasteiger partial charge in [-0.25, -0.2) is 0 Å². The van der Waals surface area contributed by atoms with Crippen molar-refractivity contribution in [1.82, 2.24) is 10.6 Å². The number of carbonyl (C=O) groups excluding carboxylic acids is 1. The van der Waals surface area contributed by atoms with Crippen molar-refractivity contribution in [2.75, 3.05) is 13.1 Å². The first-order valence-corrected chi connectivity index (χ1v) is 6.38. The van der Waals surface area contributed by atoms with Crippen LogP contribution < -0.4 is 10.6 Å². The molecule has 1 aromatic carbocycles. The van der Waals surface area contributed by atoms with Gasteiger partial charge in [-0.05, 0) is 18.4 Å². The SMILES string of the molecule is O=C(NCCNCc1cccc([N+](=O)[O-])c1)C1CC1. The van der Waals surface area contributed by atoms with Crippen LogP contribution in [0.1, 0.15) is 18.4 Å². The van der Waals surface area contributed by atoms with Crippen LogP contribution in [0.15, 0.2) is 24.3 Å². The molecule has 0 heterocycles. The van der Waals surface area contributed by atoms with E-state index in [9.17, 15) is 14.9 Å². The molecule has 0 saturated heterocycles. The molecule has 1 fully saturated rings. The Morgan fingerprint density at radius 3 is 2.84 bits per heavy atom. The lowest BCUT2D eigenvalue weighted by Gasteiger charge is -2.06. The summed E-state index contributed by atoms with van der Waals surface area (Å²) in [5, 5.41) is 16.6. The number of nitro benzene ring substituents is 1. The summed E-state index contributed by atoms with van der Waals surface area (Å²) in [5.41, 5.74) is 0.962. The molecule has 102 valence electrons. The highest BCUT2D eigenvalue weighted by atomic mass is 16.6. The van der Waals surface area contributed by atoms with E-state index in [1.807, 2.05) is 6.07 Å². The van der Waals surface area contributed by atoms with Gasteiger partial charge in [0, 0.05) is 37.7 Å². The summed E-state index contributed by atoms with van der Waals surface area (Å²) in [4.78, 5) is 21.6. The van der Waals surface area contributed by atoms with E-state index in [1.165, 1.54) is 6.07 Å². The Kier molecular flexibility index (Phi) is 4.46. The fourth-order valence-electron chi connectivity index (χ4n) is 1.78. The van der Waals surface area contributed by atoms with E-state index in [4.69, 9.17) is 0 Å². The number of non-ortho nitro benzene ring substituents is 1. The number of nitro groups is 1. The van der Waals surface area contributed by atoms with Gasteiger partial charge < -0.3 is 10.6 Å². The molecule has 1 aromatic rings. The molecule has 1 saturated carbocycles. The van der Waals surface area contributed by atoms with Crippen LogP contribution in [0.4, 0.5) is 5.69 Å². The lowest BCUT2D eigenvalue weighted by Crippen LogP contribution is -2.32. The van der Waals surface area contributed by atoms with Gasteiger partial charge in [0.05, 0.1) is 4.92 Å². The Labute approximate surface area is 111 Å². The molecule has 6 heteroatoms. The second kappa shape index (κ2) is 6.29. The summed E-state index contributed by atoms with van der Waals surface area (Å²) in [6.45, 7) is 1.80. The van der Waals surface area contributed by atoms with Crippen molar-refractivity contribution in [2.24, 2.45) is 5.92 Å². The van der Waals surface area contributed by atoms with Crippen LogP contribution >= 0.6 is 0 Å². The highest BCUT2D eigenvalue weighted by Crippen LogP contribution is 2.28. The highest BCUT2D eigenvalue weighted by molar-refractivity contribution is 5.80. The standard InChI is InChI=1S/C13H17N3O3/c17-13(11-4-5-11)15-7-6-14-9-10-2-1-3-12(8-10)16(18)19/h1-3,8,11,14H,4-7,9H2,(H,15,17). The van der Waals surface area contributed by atoms with Crippen molar-refractivity contribution in [2.45, 2.75) is 19.4 Å². The van der Waals surface area contributed by atoms with Crippen molar-refractivity contribution < 1.29 is 9.72 Å². The van der Waals surface area contributed by atoms with Gasteiger partial charge in [-0.2, -0.15) is 0 Å². The van der Waals surface area contributed by atoms with Gasteiger partial charge in [0.1, 0.15) is 0 Å². The first-order valence-electron chi connectivity index (χ1n) is 6.38. The van der Waals surface area contributed by atoms with Gasteiger partial charge in [-0.1, -0.05) is 12.1 Å². The van der Waals surface area contributed by atoms with Crippen LogP contribution in [-0.4, -0.2) is 23.9 Å². The minimum Gasteiger partial charge on any atom is -0.355 e. The maximum absolute atomic E-state index is 11.3. The summed E-state index contributed by atoms with van der Waals surface area (Å²) >= 11 is 0. The number of nitrogens with zero attached hydrogens (tertiary/aromatic N) is 1. The number of nitrogens with one attached hydrogen (secondary N) is 2. The van der Waals surface area contributed by atoms with Crippen molar-refractivity contribution in [1.29, 1.82) is 0 Å². The predicted octanol–water partition coefficient (Wildman–Crippen LogP) is 1.21. The molecule has 0 aliphatic heterocycles. The summed E-state index contributed by atoms with van der Waals surface area (Å²) < 4.78 is 0. The zero-order chi connectivity index (χ0) is 13.7. The predicted molar refractivity (Wildman–Crippen MR) is 70.5 cm³/mol. The molecule has 1 aliphatic rings. The monoisotopic (exact) mass is 263 g/mol. The molecule has 0 bridgehead atoms. The number of benzene rings is 1. The first kappa shape index (κ1) is 13.5. The lowest BCUT2D eigenvalue weighted by molar-refractivity contribution is -0.384. The molecule has 0 radical (unpaired) electrons. The maximum Gasteiger partial charge on any atom is 0.269 e. The van der Waals surface area contributed by atoms with E-state index < -0.39 is 4.92 Å². The van der Waals surface area contributed by atoms with Crippen LogP contribution in [0.2, 0.25) is 0 Å². The van der Waals surface area contributed by atoms with Gasteiger partial charge >= 0.3 is 0 Å². The fraction of sp³-hybridized carbons (Fsp3) is 0.462. The molecule has 6 nitrogen and oxygen atoms in total. The Balaban J connectivity index is 1.66. The third-order valence-electron chi connectivity index (χ3n) is 3.00. The smallest absolute Gasteiger partial charge is 0.269 e. The fourth-order valence-corrected chi connectivity index (χ4v) is 1.78. The van der Waals surface area contributed by atoms with E-state index in [2.05, 4.69) is 10.6 Å². The second-order valence-corrected chi connectivity index (χ2v) is 4.67. The number of hydrogen-bond acceptors (Lipinski definition) is 4. The number of carbonyl (C=O) groups is 1. The Morgan fingerprint density at radius 1 is 1.37 bits per heavy atom. The molecule has 2 rings (SSSR count). The minimum atomic E-state index is -0.403. The Morgan fingerprint density at radius 2 is 2.16 bits per heavy atom. The Hall–Kier alpha value is -1.95. The van der Waals surface area contributed by atoms with Crippen molar-refractivity contribution in [3.63, 3.8) is 0 Å². The van der Waals surface area contributed by atoms with Crippen LogP contribution in [-0.2, 0) is 11.3 Å². The number of amides is 1. The van der Waals surface area contributed by atoms with Gasteiger partial charge in [0.15, 0.2) is 0 Å². The topological polar surface area (TPSA) is 84.3 Å². The molecule has 0 aromatic heterocycles. The molecular weight excluding hydrogens is 246 g/mol. The van der Waals surface area contributed by atoms with Crippen LogP contribution in [0.25, 0.3) is 0 Å². The van der Waals surface area contributed by atoms with E-state index in [0.717, 1.165) is 18.4 Å². The quantitative estimate of drug-likeness (QED) is 0.440. The highest BCUT2D eigenvalue weighted by Gasteiger charge is 2.28. The maximum atomic E-state index is 11.3. The van der Waals surface area contributed by atoms with Crippen LogP contribution in [0, 0.1) is 16.0 Å². The minimum absolute atomic E-state index is 0.0985. The van der Waals surface area contributed by atoms with Crippen molar-refractivity contribution in [3.8, 4) is 0 Å². The third-order valence-corrected chi connectivity index (χ3v) is 3.00. The molecule has 0 atom stereocenters. The summed E-state index contributed by atoms with van der Waals surface area (Å²) in [7, 11) is 0. The lowest BCUT2D eigenvalue weighted by atomic mass is 10.2. The van der Waals surface area contributed by atoms with E-state index in [-0.39, 0.29) is 17.5 Å². The zero-order valence-corrected chi connectivity index (χ0v) is 10.6. The molecule has 1 amide bonds. The molecule has 0 unspecified atom stereocenters. The average molecular weight is 263 g/mol. The first-order chi connectivity index (χ1) is 9.16. The van der Waals surface area contributed by atoms with Crippen molar-refractivity contribution in [3.05, 3.63) is 39.9 Å². The van der Waals surface area contributed by atoms with Crippen LogP contribution in [0.3, 0.4) is 0 Å². The molecule has 19 heavy (non-hydrogen) atoms.